The summed E-state index contributed by atoms with van der Waals surface area (Å²) in [5.41, 5.74) is -0.156. The number of hydrogen-bond acceptors (Lipinski definition) is 2. The van der Waals surface area contributed by atoms with Crippen molar-refractivity contribution >= 4 is 6.03 Å². The van der Waals surface area contributed by atoms with Gasteiger partial charge in [0.2, 0.25) is 0 Å². The first-order valence-electron chi connectivity index (χ1n) is 6.66. The fourth-order valence-corrected chi connectivity index (χ4v) is 2.92. The summed E-state index contributed by atoms with van der Waals surface area (Å²) < 4.78 is 0. The molecule has 2 saturated heterocycles. The zero-order chi connectivity index (χ0) is 12.6. The number of hydrogen-bond donors (Lipinski definition) is 2. The molecule has 17 heavy (non-hydrogen) atoms. The second kappa shape index (κ2) is 4.48. The van der Waals surface area contributed by atoms with Gasteiger partial charge in [-0.3, -0.25) is 0 Å². The predicted octanol–water partition coefficient (Wildman–Crippen LogP) is 1.71. The van der Waals surface area contributed by atoms with Crippen LogP contribution >= 0.6 is 0 Å². The molecular formula is C13H25N3O. The molecule has 4 nitrogen and oxygen atoms in total. The van der Waals surface area contributed by atoms with E-state index < -0.39 is 0 Å². The maximum absolute atomic E-state index is 12.1. The molecule has 2 heterocycles. The Morgan fingerprint density at radius 1 is 1.24 bits per heavy atom. The largest absolute Gasteiger partial charge is 0.333 e. The van der Waals surface area contributed by atoms with Crippen LogP contribution in [0, 0.1) is 0 Å². The van der Waals surface area contributed by atoms with Crippen molar-refractivity contribution in [3.8, 4) is 0 Å². The van der Waals surface area contributed by atoms with Crippen LogP contribution in [0.4, 0.5) is 4.79 Å². The molecule has 0 radical (unpaired) electrons. The highest BCUT2D eigenvalue weighted by atomic mass is 16.2. The third kappa shape index (κ3) is 3.12. The minimum atomic E-state index is -0.156. The topological polar surface area (TPSA) is 44.4 Å². The van der Waals surface area contributed by atoms with Crippen LogP contribution < -0.4 is 10.6 Å². The molecule has 2 amide bonds. The van der Waals surface area contributed by atoms with E-state index in [0.717, 1.165) is 12.8 Å². The molecule has 2 rings (SSSR count). The van der Waals surface area contributed by atoms with Crippen molar-refractivity contribution in [3.63, 3.8) is 0 Å². The standard InChI is InChI=1S/C13H25N3O/c1-13(2,3)15-12(17)16(4)11-7-9-5-6-10(8-11)14-9/h9-11,14H,5-8H2,1-4H3,(H,15,17). The van der Waals surface area contributed by atoms with Gasteiger partial charge in [-0.15, -0.1) is 0 Å². The van der Waals surface area contributed by atoms with Crippen molar-refractivity contribution in [2.45, 2.75) is 70.1 Å². The monoisotopic (exact) mass is 239 g/mol. The van der Waals surface area contributed by atoms with E-state index in [4.69, 9.17) is 0 Å². The number of rotatable bonds is 1. The Kier molecular flexibility index (Phi) is 3.34. The van der Waals surface area contributed by atoms with Gasteiger partial charge in [-0.2, -0.15) is 0 Å². The molecule has 0 aromatic rings. The maximum atomic E-state index is 12.1. The molecular weight excluding hydrogens is 214 g/mol. The van der Waals surface area contributed by atoms with Crippen LogP contribution in [0.15, 0.2) is 0 Å². The molecule has 0 saturated carbocycles. The summed E-state index contributed by atoms with van der Waals surface area (Å²) >= 11 is 0. The zero-order valence-corrected chi connectivity index (χ0v) is 11.4. The lowest BCUT2D eigenvalue weighted by Gasteiger charge is -2.37. The fourth-order valence-electron chi connectivity index (χ4n) is 2.92. The Morgan fingerprint density at radius 3 is 2.24 bits per heavy atom. The predicted molar refractivity (Wildman–Crippen MR) is 69.0 cm³/mol. The number of carbonyl (C=O) groups excluding carboxylic acids is 1. The van der Waals surface area contributed by atoms with Gasteiger partial charge in [0.05, 0.1) is 0 Å². The van der Waals surface area contributed by atoms with Gasteiger partial charge in [-0.25, -0.2) is 4.79 Å². The van der Waals surface area contributed by atoms with Crippen molar-refractivity contribution in [1.29, 1.82) is 0 Å². The van der Waals surface area contributed by atoms with Crippen molar-refractivity contribution in [2.75, 3.05) is 7.05 Å². The molecule has 2 unspecified atom stereocenters. The van der Waals surface area contributed by atoms with Crippen molar-refractivity contribution in [2.24, 2.45) is 0 Å². The molecule has 2 fully saturated rings. The molecule has 2 N–H and O–H groups in total. The molecule has 0 aromatic heterocycles. The van der Waals surface area contributed by atoms with E-state index in [2.05, 4.69) is 10.6 Å². The first kappa shape index (κ1) is 12.7. The Morgan fingerprint density at radius 2 is 1.76 bits per heavy atom. The molecule has 98 valence electrons. The zero-order valence-electron chi connectivity index (χ0n) is 11.4. The third-order valence-electron chi connectivity index (χ3n) is 3.80. The Balaban J connectivity index is 1.91. The lowest BCUT2D eigenvalue weighted by Crippen LogP contribution is -2.54. The second-order valence-electron chi connectivity index (χ2n) is 6.55. The molecule has 0 aliphatic carbocycles. The van der Waals surface area contributed by atoms with E-state index in [9.17, 15) is 4.79 Å². The van der Waals surface area contributed by atoms with Gasteiger partial charge in [0, 0.05) is 30.7 Å². The summed E-state index contributed by atoms with van der Waals surface area (Å²) in [6.07, 6.45) is 4.75. The minimum Gasteiger partial charge on any atom is -0.333 e. The van der Waals surface area contributed by atoms with Crippen molar-refractivity contribution in [1.82, 2.24) is 15.5 Å². The highest BCUT2D eigenvalue weighted by Gasteiger charge is 2.36. The Labute approximate surface area is 104 Å². The van der Waals surface area contributed by atoms with Gasteiger partial charge in [0.1, 0.15) is 0 Å². The van der Waals surface area contributed by atoms with Gasteiger partial charge >= 0.3 is 6.03 Å². The molecule has 2 bridgehead atoms. The van der Waals surface area contributed by atoms with Crippen LogP contribution in [0.3, 0.4) is 0 Å². The fraction of sp³-hybridized carbons (Fsp3) is 0.923. The van der Waals surface area contributed by atoms with Crippen LogP contribution in [0.25, 0.3) is 0 Å². The number of urea groups is 1. The summed E-state index contributed by atoms with van der Waals surface area (Å²) in [7, 11) is 1.93. The minimum absolute atomic E-state index is 0.0591. The number of nitrogens with one attached hydrogen (secondary N) is 2. The normalized spacial score (nSPS) is 32.4. The number of piperidine rings is 1. The second-order valence-corrected chi connectivity index (χ2v) is 6.55. The van der Waals surface area contributed by atoms with Crippen LogP contribution in [0.2, 0.25) is 0 Å². The summed E-state index contributed by atoms with van der Waals surface area (Å²) in [6, 6.07) is 1.71. The summed E-state index contributed by atoms with van der Waals surface area (Å²) in [6.45, 7) is 6.06. The molecule has 0 spiro atoms. The summed E-state index contributed by atoms with van der Waals surface area (Å²) in [5.74, 6) is 0. The molecule has 4 heteroatoms. The number of carbonyl (C=O) groups is 1. The smallest absolute Gasteiger partial charge is 0.317 e. The molecule has 2 atom stereocenters. The number of fused-ring (bicyclic) bond motifs is 2. The highest BCUT2D eigenvalue weighted by molar-refractivity contribution is 5.75. The van der Waals surface area contributed by atoms with Crippen LogP contribution in [-0.2, 0) is 0 Å². The average molecular weight is 239 g/mol. The average Bonchev–Trinajstić information content (AvgIpc) is 2.54. The Hall–Kier alpha value is -0.770. The summed E-state index contributed by atoms with van der Waals surface area (Å²) in [4.78, 5) is 14.0. The lowest BCUT2D eigenvalue weighted by atomic mass is 9.99. The summed E-state index contributed by atoms with van der Waals surface area (Å²) in [5, 5.41) is 6.64. The van der Waals surface area contributed by atoms with Gasteiger partial charge < -0.3 is 15.5 Å². The maximum Gasteiger partial charge on any atom is 0.317 e. The Bertz CT molecular complexity index is 286. The van der Waals surface area contributed by atoms with E-state index in [0.29, 0.717) is 18.1 Å². The molecule has 0 aromatic carbocycles. The van der Waals surface area contributed by atoms with Crippen LogP contribution in [0.1, 0.15) is 46.5 Å². The first-order valence-corrected chi connectivity index (χ1v) is 6.66. The number of nitrogens with zero attached hydrogens (tertiary/aromatic N) is 1. The number of amides is 2. The molecule has 2 aliphatic heterocycles. The van der Waals surface area contributed by atoms with Gasteiger partial charge in [-0.05, 0) is 46.5 Å². The SMILES string of the molecule is CN(C(=O)NC(C)(C)C)C1CC2CCC(C1)N2. The van der Waals surface area contributed by atoms with Crippen LogP contribution in [-0.4, -0.2) is 41.6 Å². The van der Waals surface area contributed by atoms with Crippen molar-refractivity contribution in [3.05, 3.63) is 0 Å². The van der Waals surface area contributed by atoms with E-state index in [1.54, 1.807) is 0 Å². The van der Waals surface area contributed by atoms with E-state index >= 15 is 0 Å². The van der Waals surface area contributed by atoms with Gasteiger partial charge in [0.25, 0.3) is 0 Å². The third-order valence-corrected chi connectivity index (χ3v) is 3.80. The first-order chi connectivity index (χ1) is 7.85. The van der Waals surface area contributed by atoms with Crippen molar-refractivity contribution < 1.29 is 4.79 Å². The lowest BCUT2D eigenvalue weighted by molar-refractivity contribution is 0.158. The highest BCUT2D eigenvalue weighted by Crippen LogP contribution is 2.29. The van der Waals surface area contributed by atoms with Crippen LogP contribution in [0.5, 0.6) is 0 Å². The van der Waals surface area contributed by atoms with E-state index in [1.807, 2.05) is 32.7 Å². The quantitative estimate of drug-likeness (QED) is 0.731. The van der Waals surface area contributed by atoms with E-state index in [-0.39, 0.29) is 11.6 Å². The molecule has 2 aliphatic rings. The van der Waals surface area contributed by atoms with Gasteiger partial charge in [0.15, 0.2) is 0 Å². The van der Waals surface area contributed by atoms with Gasteiger partial charge in [-0.1, -0.05) is 0 Å². The van der Waals surface area contributed by atoms with E-state index in [1.165, 1.54) is 12.8 Å².